The zero-order valence-corrected chi connectivity index (χ0v) is 9.01. The fraction of sp³-hybridized carbons (Fsp3) is 0.167. The van der Waals surface area contributed by atoms with Gasteiger partial charge in [-0.05, 0) is 13.0 Å². The molecule has 2 heteroatoms. The summed E-state index contributed by atoms with van der Waals surface area (Å²) in [6, 6.07) is 0. The Morgan fingerprint density at radius 3 is 2.00 bits per heavy atom. The van der Waals surface area contributed by atoms with Gasteiger partial charge in [0.05, 0.1) is 0 Å². The van der Waals surface area contributed by atoms with Gasteiger partial charge < -0.3 is 4.48 Å². The molecule has 0 aliphatic rings. The summed E-state index contributed by atoms with van der Waals surface area (Å²) in [4.78, 5) is 0. The van der Waals surface area contributed by atoms with Gasteiger partial charge >= 0.3 is 0 Å². The quantitative estimate of drug-likeness (QED) is 0.635. The Balaban J connectivity index is 3.60. The van der Waals surface area contributed by atoms with E-state index in [1.165, 1.54) is 5.69 Å². The molecule has 0 fully saturated rings. The van der Waals surface area contributed by atoms with E-state index in [1.807, 2.05) is 18.2 Å². The van der Waals surface area contributed by atoms with Crippen molar-refractivity contribution in [2.45, 2.75) is 13.7 Å². The smallest absolute Gasteiger partial charge is 0.238 e. The van der Waals surface area contributed by atoms with Crippen LogP contribution in [0.1, 0.15) is 22.5 Å². The van der Waals surface area contributed by atoms with Crippen LogP contribution in [0.3, 0.4) is 0 Å². The summed E-state index contributed by atoms with van der Waals surface area (Å²) in [7, 11) is 0.946. The Kier molecular flexibility index (Phi) is 3.18. The Labute approximate surface area is 86.7 Å². The Bertz CT molecular complexity index is 386. The highest BCUT2D eigenvalue weighted by Gasteiger charge is 2.12. The van der Waals surface area contributed by atoms with Gasteiger partial charge in [-0.2, -0.15) is 0 Å². The number of hydrogen-bond donors (Lipinski definition) is 0. The predicted molar refractivity (Wildman–Crippen MR) is 67.9 cm³/mol. The van der Waals surface area contributed by atoms with E-state index >= 15 is 0 Å². The molecule has 0 saturated carbocycles. The topological polar surface area (TPSA) is 4.93 Å². The summed E-state index contributed by atoms with van der Waals surface area (Å²) in [6.07, 6.45) is 5.62. The van der Waals surface area contributed by atoms with Crippen LogP contribution in [0.4, 0.5) is 0 Å². The molecule has 0 aromatic carbocycles. The molecule has 0 saturated heterocycles. The van der Waals surface area contributed by atoms with Crippen LogP contribution in [0.25, 0.3) is 18.2 Å². The van der Waals surface area contributed by atoms with E-state index in [0.29, 0.717) is 0 Å². The Hall–Kier alpha value is -1.44. The Morgan fingerprint density at radius 1 is 1.07 bits per heavy atom. The van der Waals surface area contributed by atoms with E-state index in [2.05, 4.69) is 38.0 Å². The second-order valence-corrected chi connectivity index (χ2v) is 3.15. The maximum Gasteiger partial charge on any atom is 0.238 e. The van der Waals surface area contributed by atoms with Gasteiger partial charge in [-0.15, -0.1) is 0 Å². The minimum atomic E-state index is 0.946. The van der Waals surface area contributed by atoms with Gasteiger partial charge in [0, 0.05) is 22.5 Å². The van der Waals surface area contributed by atoms with Crippen molar-refractivity contribution in [2.75, 3.05) is 0 Å². The second kappa shape index (κ2) is 4.18. The summed E-state index contributed by atoms with van der Waals surface area (Å²) in [6.45, 7) is 15.7. The molecule has 0 bridgehead atoms. The first-order valence-corrected chi connectivity index (χ1v) is 4.81. The molecular formula is C12H16BN. The van der Waals surface area contributed by atoms with Crippen molar-refractivity contribution in [1.82, 2.24) is 4.48 Å². The standard InChI is InChI=1S/C12H16BN/c1-6-10-9(4)14(13-5)12(8-3)11(10)7-2/h6-8,13H,1-3H2,4-5H3. The van der Waals surface area contributed by atoms with Crippen LogP contribution in [0.5, 0.6) is 0 Å². The fourth-order valence-corrected chi connectivity index (χ4v) is 1.90. The van der Waals surface area contributed by atoms with Crippen LogP contribution in [0, 0.1) is 6.92 Å². The van der Waals surface area contributed by atoms with Crippen LogP contribution in [-0.4, -0.2) is 11.9 Å². The fourth-order valence-electron chi connectivity index (χ4n) is 1.90. The van der Waals surface area contributed by atoms with Gasteiger partial charge in [-0.1, -0.05) is 38.7 Å². The zero-order valence-electron chi connectivity index (χ0n) is 9.01. The molecule has 0 aliphatic heterocycles. The van der Waals surface area contributed by atoms with E-state index in [-0.39, 0.29) is 0 Å². The highest BCUT2D eigenvalue weighted by molar-refractivity contribution is 6.32. The van der Waals surface area contributed by atoms with E-state index in [1.54, 1.807) is 0 Å². The minimum Gasteiger partial charge on any atom is -0.393 e. The molecule has 0 atom stereocenters. The summed E-state index contributed by atoms with van der Waals surface area (Å²) >= 11 is 0. The Morgan fingerprint density at radius 2 is 1.64 bits per heavy atom. The van der Waals surface area contributed by atoms with Crippen molar-refractivity contribution in [3.8, 4) is 0 Å². The SMILES string of the molecule is C=Cc1c(C=C)c(C=C)n(BC)c1C. The lowest BCUT2D eigenvalue weighted by molar-refractivity contribution is 1.12. The molecule has 72 valence electrons. The first-order chi connectivity index (χ1) is 6.71. The average molecular weight is 185 g/mol. The number of rotatable bonds is 4. The van der Waals surface area contributed by atoms with Gasteiger partial charge in [0.15, 0.2) is 0 Å². The van der Waals surface area contributed by atoms with Crippen LogP contribution < -0.4 is 0 Å². The molecule has 0 unspecified atom stereocenters. The molecule has 1 rings (SSSR count). The normalized spacial score (nSPS) is 9.57. The summed E-state index contributed by atoms with van der Waals surface area (Å²) in [5.74, 6) is 0. The monoisotopic (exact) mass is 185 g/mol. The highest BCUT2D eigenvalue weighted by atomic mass is 14.9. The lowest BCUT2D eigenvalue weighted by Crippen LogP contribution is -2.05. The molecule has 0 aliphatic carbocycles. The molecule has 0 amide bonds. The summed E-state index contributed by atoms with van der Waals surface area (Å²) in [5.41, 5.74) is 4.66. The molecule has 0 spiro atoms. The number of nitrogens with zero attached hydrogens (tertiary/aromatic N) is 1. The van der Waals surface area contributed by atoms with E-state index in [0.717, 1.165) is 24.2 Å². The van der Waals surface area contributed by atoms with Crippen molar-refractivity contribution < 1.29 is 0 Å². The third kappa shape index (κ3) is 1.37. The first-order valence-electron chi connectivity index (χ1n) is 4.81. The molecule has 1 nitrogen and oxygen atoms in total. The van der Waals surface area contributed by atoms with E-state index in [4.69, 9.17) is 0 Å². The summed E-state index contributed by atoms with van der Waals surface area (Å²) < 4.78 is 2.22. The van der Waals surface area contributed by atoms with Crippen LogP contribution >= 0.6 is 0 Å². The van der Waals surface area contributed by atoms with Gasteiger partial charge in [0.1, 0.15) is 0 Å². The molecule has 0 N–H and O–H groups in total. The number of hydrogen-bond acceptors (Lipinski definition) is 0. The predicted octanol–water partition coefficient (Wildman–Crippen LogP) is 2.97. The van der Waals surface area contributed by atoms with Crippen molar-refractivity contribution in [3.05, 3.63) is 42.3 Å². The van der Waals surface area contributed by atoms with Gasteiger partial charge in [0.25, 0.3) is 0 Å². The maximum atomic E-state index is 3.83. The average Bonchev–Trinajstić information content (AvgIpc) is 2.48. The number of aromatic nitrogens is 1. The first kappa shape index (κ1) is 10.6. The van der Waals surface area contributed by atoms with Gasteiger partial charge in [0.2, 0.25) is 7.41 Å². The third-order valence-electron chi connectivity index (χ3n) is 2.57. The van der Waals surface area contributed by atoms with Crippen LogP contribution in [0.2, 0.25) is 6.82 Å². The molecule has 14 heavy (non-hydrogen) atoms. The van der Waals surface area contributed by atoms with Crippen LogP contribution in [0.15, 0.2) is 19.7 Å². The van der Waals surface area contributed by atoms with Crippen LogP contribution in [-0.2, 0) is 0 Å². The second-order valence-electron chi connectivity index (χ2n) is 3.15. The molecule has 1 aromatic rings. The lowest BCUT2D eigenvalue weighted by Gasteiger charge is -2.04. The van der Waals surface area contributed by atoms with Gasteiger partial charge in [-0.3, -0.25) is 0 Å². The van der Waals surface area contributed by atoms with Crippen molar-refractivity contribution in [1.29, 1.82) is 0 Å². The van der Waals surface area contributed by atoms with Crippen molar-refractivity contribution in [2.24, 2.45) is 0 Å². The van der Waals surface area contributed by atoms with Crippen molar-refractivity contribution >= 4 is 25.6 Å². The molecule has 0 radical (unpaired) electrons. The summed E-state index contributed by atoms with van der Waals surface area (Å²) in [5, 5.41) is 0. The lowest BCUT2D eigenvalue weighted by atomic mass is 9.98. The molecule has 1 aromatic heterocycles. The maximum absolute atomic E-state index is 3.83. The van der Waals surface area contributed by atoms with Crippen molar-refractivity contribution in [3.63, 3.8) is 0 Å². The van der Waals surface area contributed by atoms with E-state index < -0.39 is 0 Å². The zero-order chi connectivity index (χ0) is 10.7. The van der Waals surface area contributed by atoms with E-state index in [9.17, 15) is 0 Å². The molecular weight excluding hydrogens is 169 g/mol. The highest BCUT2D eigenvalue weighted by Crippen LogP contribution is 2.25. The molecule has 1 heterocycles. The largest absolute Gasteiger partial charge is 0.393 e. The van der Waals surface area contributed by atoms with Gasteiger partial charge in [-0.25, -0.2) is 0 Å². The minimum absolute atomic E-state index is 0.946. The third-order valence-corrected chi connectivity index (χ3v) is 2.57.